The van der Waals surface area contributed by atoms with Crippen LogP contribution in [0.1, 0.15) is 18.5 Å². The summed E-state index contributed by atoms with van der Waals surface area (Å²) in [4.78, 5) is 22.9. The smallest absolute Gasteiger partial charge is 0.234 e. The van der Waals surface area contributed by atoms with Crippen LogP contribution in [0.15, 0.2) is 64.2 Å². The molecule has 0 bridgehead atoms. The highest BCUT2D eigenvalue weighted by Gasteiger charge is 2.42. The molecule has 1 aromatic heterocycles. The van der Waals surface area contributed by atoms with Gasteiger partial charge in [-0.25, -0.2) is 9.67 Å². The van der Waals surface area contributed by atoms with Gasteiger partial charge in [0.1, 0.15) is 5.92 Å². The van der Waals surface area contributed by atoms with E-state index in [9.17, 15) is 4.79 Å². The molecule has 6 nitrogen and oxygen atoms in total. The molecular formula is C24H22BrCl2N5O. The van der Waals surface area contributed by atoms with Gasteiger partial charge >= 0.3 is 0 Å². The van der Waals surface area contributed by atoms with Gasteiger partial charge in [-0.1, -0.05) is 53.5 Å². The van der Waals surface area contributed by atoms with E-state index in [1.165, 1.54) is 5.69 Å². The first kappa shape index (κ1) is 22.4. The first-order valence-electron chi connectivity index (χ1n) is 10.8. The molecule has 2 aliphatic heterocycles. The fraction of sp³-hybridized carbons (Fsp3) is 0.292. The number of aliphatic imine (C=N–C) groups is 1. The molecule has 9 heteroatoms. The van der Waals surface area contributed by atoms with Crippen molar-refractivity contribution in [2.24, 2.45) is 10.9 Å². The highest BCUT2D eigenvalue weighted by molar-refractivity contribution is 9.10. The lowest BCUT2D eigenvalue weighted by Crippen LogP contribution is -2.53. The Morgan fingerprint density at radius 1 is 1.03 bits per heavy atom. The summed E-state index contributed by atoms with van der Waals surface area (Å²) in [5.74, 6) is 0.178. The van der Waals surface area contributed by atoms with Crippen LogP contribution < -0.4 is 4.90 Å². The van der Waals surface area contributed by atoms with Crippen LogP contribution in [0, 0.1) is 5.92 Å². The normalized spacial score (nSPS) is 20.4. The molecule has 2 aliphatic rings. The van der Waals surface area contributed by atoms with Gasteiger partial charge in [0.25, 0.3) is 0 Å². The summed E-state index contributed by atoms with van der Waals surface area (Å²) >= 11 is 16.5. The Hall–Kier alpha value is -2.35. The lowest BCUT2D eigenvalue weighted by atomic mass is 9.86. The Labute approximate surface area is 210 Å². The molecule has 1 amide bonds. The number of para-hydroxylation sites is 1. The van der Waals surface area contributed by atoms with E-state index in [1.807, 2.05) is 42.2 Å². The fourth-order valence-corrected chi connectivity index (χ4v) is 5.43. The molecular weight excluding hydrogens is 525 g/mol. The van der Waals surface area contributed by atoms with E-state index < -0.39 is 12.0 Å². The standard InChI is InChI=1S/C24H22BrCl2N5O/c1-15-20(24(33)31-12-10-30(11-13-31)16-6-3-2-4-7-16)22(17-8-5-9-19(26)21(17)27)32-23(29-15)18(25)14-28-32/h2-9,14,20,22H,10-13H2,1H3. The highest BCUT2D eigenvalue weighted by atomic mass is 79.9. The van der Waals surface area contributed by atoms with Crippen molar-refractivity contribution in [3.8, 4) is 0 Å². The molecule has 5 rings (SSSR count). The molecule has 3 heterocycles. The first-order chi connectivity index (χ1) is 16.0. The number of aromatic nitrogens is 2. The van der Waals surface area contributed by atoms with E-state index in [1.54, 1.807) is 16.9 Å². The molecule has 0 aliphatic carbocycles. The van der Waals surface area contributed by atoms with Gasteiger partial charge in [0.15, 0.2) is 5.82 Å². The van der Waals surface area contributed by atoms with Crippen LogP contribution in [0.2, 0.25) is 10.0 Å². The number of nitrogens with zero attached hydrogens (tertiary/aromatic N) is 5. The minimum absolute atomic E-state index is 0.0299. The van der Waals surface area contributed by atoms with Crippen molar-refractivity contribution in [2.75, 3.05) is 31.1 Å². The van der Waals surface area contributed by atoms with Gasteiger partial charge in [0.2, 0.25) is 5.91 Å². The Bertz CT molecular complexity index is 1220. The van der Waals surface area contributed by atoms with E-state index in [2.05, 4.69) is 38.1 Å². The number of anilines is 1. The van der Waals surface area contributed by atoms with Crippen LogP contribution in [0.25, 0.3) is 0 Å². The first-order valence-corrected chi connectivity index (χ1v) is 12.3. The quantitative estimate of drug-likeness (QED) is 0.429. The number of carbonyl (C=O) groups is 1. The predicted octanol–water partition coefficient (Wildman–Crippen LogP) is 5.61. The molecule has 0 radical (unpaired) electrons. The minimum Gasteiger partial charge on any atom is -0.368 e. The molecule has 33 heavy (non-hydrogen) atoms. The lowest BCUT2D eigenvalue weighted by molar-refractivity contribution is -0.134. The second-order valence-electron chi connectivity index (χ2n) is 8.23. The number of halogens is 3. The summed E-state index contributed by atoms with van der Waals surface area (Å²) in [6.45, 7) is 4.74. The Morgan fingerprint density at radius 2 is 1.76 bits per heavy atom. The number of hydrogen-bond donors (Lipinski definition) is 0. The molecule has 0 saturated carbocycles. The van der Waals surface area contributed by atoms with E-state index in [4.69, 9.17) is 28.2 Å². The van der Waals surface area contributed by atoms with Gasteiger partial charge in [-0.3, -0.25) is 4.79 Å². The molecule has 3 aromatic rings. The van der Waals surface area contributed by atoms with Crippen molar-refractivity contribution < 1.29 is 4.79 Å². The van der Waals surface area contributed by atoms with Gasteiger partial charge in [0.05, 0.1) is 26.8 Å². The van der Waals surface area contributed by atoms with Gasteiger partial charge < -0.3 is 9.80 Å². The third kappa shape index (κ3) is 4.07. The second kappa shape index (κ2) is 9.12. The number of amides is 1. The molecule has 2 unspecified atom stereocenters. The average Bonchev–Trinajstić information content (AvgIpc) is 3.20. The van der Waals surface area contributed by atoms with Gasteiger partial charge in [0, 0.05) is 37.6 Å². The molecule has 0 N–H and O–H groups in total. The number of fused-ring (bicyclic) bond motifs is 1. The number of carbonyl (C=O) groups excluding carboxylic acids is 1. The van der Waals surface area contributed by atoms with Crippen molar-refractivity contribution in [1.82, 2.24) is 14.7 Å². The molecule has 1 saturated heterocycles. The predicted molar refractivity (Wildman–Crippen MR) is 136 cm³/mol. The maximum absolute atomic E-state index is 13.9. The van der Waals surface area contributed by atoms with E-state index in [0.717, 1.165) is 28.8 Å². The lowest BCUT2D eigenvalue weighted by Gasteiger charge is -2.40. The average molecular weight is 547 g/mol. The third-order valence-electron chi connectivity index (χ3n) is 6.32. The summed E-state index contributed by atoms with van der Waals surface area (Å²) in [6.07, 6.45) is 1.70. The van der Waals surface area contributed by atoms with E-state index in [-0.39, 0.29) is 5.91 Å². The molecule has 0 spiro atoms. The van der Waals surface area contributed by atoms with E-state index in [0.29, 0.717) is 29.0 Å². The largest absolute Gasteiger partial charge is 0.368 e. The summed E-state index contributed by atoms with van der Waals surface area (Å²) in [7, 11) is 0. The van der Waals surface area contributed by atoms with Gasteiger partial charge in [-0.15, -0.1) is 0 Å². The summed E-state index contributed by atoms with van der Waals surface area (Å²) < 4.78 is 2.55. The number of rotatable bonds is 3. The minimum atomic E-state index is -0.524. The molecule has 170 valence electrons. The van der Waals surface area contributed by atoms with Crippen molar-refractivity contribution >= 4 is 62.3 Å². The van der Waals surface area contributed by atoms with Crippen LogP contribution in [0.5, 0.6) is 0 Å². The van der Waals surface area contributed by atoms with Crippen molar-refractivity contribution in [3.63, 3.8) is 0 Å². The highest BCUT2D eigenvalue weighted by Crippen LogP contribution is 2.43. The zero-order valence-corrected chi connectivity index (χ0v) is 21.1. The van der Waals surface area contributed by atoms with E-state index >= 15 is 0 Å². The topological polar surface area (TPSA) is 53.7 Å². The maximum atomic E-state index is 13.9. The van der Waals surface area contributed by atoms with Crippen molar-refractivity contribution in [1.29, 1.82) is 0 Å². The number of benzene rings is 2. The van der Waals surface area contributed by atoms with Gasteiger partial charge in [-0.05, 0) is 46.6 Å². The Kier molecular flexibility index (Phi) is 6.20. The van der Waals surface area contributed by atoms with Crippen molar-refractivity contribution in [2.45, 2.75) is 13.0 Å². The number of piperazine rings is 1. The summed E-state index contributed by atoms with van der Waals surface area (Å²) in [5, 5.41) is 5.41. The zero-order chi connectivity index (χ0) is 23.1. The van der Waals surface area contributed by atoms with Crippen molar-refractivity contribution in [3.05, 3.63) is 74.8 Å². The molecule has 2 atom stereocenters. The van der Waals surface area contributed by atoms with Crippen LogP contribution in [0.4, 0.5) is 11.5 Å². The van der Waals surface area contributed by atoms with Crippen LogP contribution in [-0.4, -0.2) is 52.5 Å². The van der Waals surface area contributed by atoms with Crippen LogP contribution in [0.3, 0.4) is 0 Å². The third-order valence-corrected chi connectivity index (χ3v) is 7.71. The fourth-order valence-electron chi connectivity index (χ4n) is 4.64. The SMILES string of the molecule is CC1=Nc2c(Br)cnn2C(c2cccc(Cl)c2Cl)C1C(=O)N1CCN(c2ccccc2)CC1. The Balaban J connectivity index is 1.47. The maximum Gasteiger partial charge on any atom is 0.234 e. The van der Waals surface area contributed by atoms with Crippen LogP contribution >= 0.6 is 39.1 Å². The monoisotopic (exact) mass is 545 g/mol. The van der Waals surface area contributed by atoms with Gasteiger partial charge in [-0.2, -0.15) is 5.10 Å². The summed E-state index contributed by atoms with van der Waals surface area (Å²) in [5.41, 5.74) is 2.67. The molecule has 1 fully saturated rings. The Morgan fingerprint density at radius 3 is 2.48 bits per heavy atom. The number of hydrogen-bond acceptors (Lipinski definition) is 4. The zero-order valence-electron chi connectivity index (χ0n) is 18.0. The molecule has 2 aromatic carbocycles. The summed E-state index contributed by atoms with van der Waals surface area (Å²) in [6, 6.07) is 15.4. The van der Waals surface area contributed by atoms with Crippen LogP contribution in [-0.2, 0) is 4.79 Å². The second-order valence-corrected chi connectivity index (χ2v) is 9.87.